The number of nitrogens with one attached hydrogen (secondary N) is 1. The zero-order valence-corrected chi connectivity index (χ0v) is 13.8. The van der Waals surface area contributed by atoms with Crippen molar-refractivity contribution in [3.05, 3.63) is 54.1 Å². The van der Waals surface area contributed by atoms with Crippen molar-refractivity contribution in [3.8, 4) is 11.5 Å². The predicted molar refractivity (Wildman–Crippen MR) is 94.0 cm³/mol. The maximum absolute atomic E-state index is 12.0. The van der Waals surface area contributed by atoms with E-state index in [4.69, 9.17) is 9.47 Å². The lowest BCUT2D eigenvalue weighted by Crippen LogP contribution is -2.46. The summed E-state index contributed by atoms with van der Waals surface area (Å²) in [6, 6.07) is 15.7. The molecule has 2 aromatic carbocycles. The quantitative estimate of drug-likeness (QED) is 0.886. The van der Waals surface area contributed by atoms with Crippen molar-refractivity contribution in [2.75, 3.05) is 31.7 Å². The van der Waals surface area contributed by atoms with Crippen LogP contribution in [0.15, 0.2) is 48.5 Å². The summed E-state index contributed by atoms with van der Waals surface area (Å²) in [6.07, 6.45) is 1.75. The van der Waals surface area contributed by atoms with Crippen LogP contribution >= 0.6 is 0 Å². The Kier molecular flexibility index (Phi) is 5.21. The predicted octanol–water partition coefficient (Wildman–Crippen LogP) is 3.24. The van der Waals surface area contributed by atoms with Gasteiger partial charge in [-0.2, -0.15) is 0 Å². The number of anilines is 1. The molecular formula is C19H22N2O3. The summed E-state index contributed by atoms with van der Waals surface area (Å²) in [5.41, 5.74) is 2.05. The Morgan fingerprint density at radius 2 is 1.96 bits per heavy atom. The summed E-state index contributed by atoms with van der Waals surface area (Å²) in [5, 5.41) is 2.86. The first-order valence-corrected chi connectivity index (χ1v) is 8.18. The van der Waals surface area contributed by atoms with Gasteiger partial charge in [-0.25, -0.2) is 4.79 Å². The van der Waals surface area contributed by atoms with E-state index in [-0.39, 0.29) is 6.03 Å². The molecule has 0 radical (unpaired) electrons. The molecule has 0 aliphatic carbocycles. The molecule has 1 aliphatic heterocycles. The number of hydrogen-bond acceptors (Lipinski definition) is 3. The molecule has 1 saturated heterocycles. The first-order chi connectivity index (χ1) is 11.8. The second kappa shape index (κ2) is 7.73. The summed E-state index contributed by atoms with van der Waals surface area (Å²) >= 11 is 0. The zero-order chi connectivity index (χ0) is 16.8. The highest BCUT2D eigenvalue weighted by molar-refractivity contribution is 5.93. The minimum atomic E-state index is -0.0679. The molecule has 5 nitrogen and oxygen atoms in total. The number of ether oxygens (including phenoxy) is 2. The lowest BCUT2D eigenvalue weighted by atomic mass is 10.2. The van der Waals surface area contributed by atoms with Crippen LogP contribution in [0.2, 0.25) is 0 Å². The molecule has 0 unspecified atom stereocenters. The van der Waals surface area contributed by atoms with Gasteiger partial charge in [0.05, 0.1) is 13.7 Å². The Morgan fingerprint density at radius 1 is 1.12 bits per heavy atom. The van der Waals surface area contributed by atoms with Gasteiger partial charge in [-0.1, -0.05) is 30.3 Å². The van der Waals surface area contributed by atoms with Gasteiger partial charge >= 0.3 is 6.03 Å². The Morgan fingerprint density at radius 3 is 2.71 bits per heavy atom. The van der Waals surface area contributed by atoms with Crippen LogP contribution in [0.5, 0.6) is 11.5 Å². The zero-order valence-electron chi connectivity index (χ0n) is 13.8. The van der Waals surface area contributed by atoms with Crippen molar-refractivity contribution in [3.63, 3.8) is 0 Å². The van der Waals surface area contributed by atoms with Crippen LogP contribution in [0, 0.1) is 0 Å². The monoisotopic (exact) mass is 326 g/mol. The van der Waals surface area contributed by atoms with E-state index >= 15 is 0 Å². The van der Waals surface area contributed by atoms with Crippen molar-refractivity contribution in [1.82, 2.24) is 5.32 Å². The first-order valence-electron chi connectivity index (χ1n) is 8.18. The van der Waals surface area contributed by atoms with E-state index in [9.17, 15) is 4.79 Å². The van der Waals surface area contributed by atoms with Crippen molar-refractivity contribution >= 4 is 11.7 Å². The standard InChI is InChI=1S/C19H22N2O3/c1-23-17-9-8-16(21-12-5-11-20-19(21)22)14-18(17)24-13-10-15-6-3-2-4-7-15/h2-4,6-9,14H,5,10-13H2,1H3,(H,20,22). The third kappa shape index (κ3) is 3.79. The van der Waals surface area contributed by atoms with E-state index in [2.05, 4.69) is 17.4 Å². The number of hydrogen-bond donors (Lipinski definition) is 1. The molecule has 1 heterocycles. The van der Waals surface area contributed by atoms with E-state index in [0.29, 0.717) is 24.7 Å². The topological polar surface area (TPSA) is 50.8 Å². The number of methoxy groups -OCH3 is 1. The van der Waals surface area contributed by atoms with E-state index < -0.39 is 0 Å². The minimum absolute atomic E-state index is 0.0679. The Labute approximate surface area is 142 Å². The Balaban J connectivity index is 1.70. The van der Waals surface area contributed by atoms with Gasteiger partial charge in [0.2, 0.25) is 0 Å². The van der Waals surface area contributed by atoms with Crippen LogP contribution in [0.4, 0.5) is 10.5 Å². The molecule has 0 saturated carbocycles. The van der Waals surface area contributed by atoms with Gasteiger partial charge in [0, 0.05) is 31.3 Å². The highest BCUT2D eigenvalue weighted by atomic mass is 16.5. The largest absolute Gasteiger partial charge is 0.493 e. The molecule has 24 heavy (non-hydrogen) atoms. The average Bonchev–Trinajstić information content (AvgIpc) is 2.63. The number of carbonyl (C=O) groups is 1. The lowest BCUT2D eigenvalue weighted by molar-refractivity contribution is 0.243. The molecule has 5 heteroatoms. The van der Waals surface area contributed by atoms with E-state index in [1.165, 1.54) is 5.56 Å². The minimum Gasteiger partial charge on any atom is -0.493 e. The molecule has 0 atom stereocenters. The van der Waals surface area contributed by atoms with Crippen molar-refractivity contribution in [2.24, 2.45) is 0 Å². The molecule has 2 aromatic rings. The smallest absolute Gasteiger partial charge is 0.321 e. The van der Waals surface area contributed by atoms with Crippen LogP contribution in [0.3, 0.4) is 0 Å². The second-order valence-corrected chi connectivity index (χ2v) is 5.66. The van der Waals surface area contributed by atoms with Crippen LogP contribution in [-0.4, -0.2) is 32.8 Å². The van der Waals surface area contributed by atoms with Gasteiger partial charge in [0.15, 0.2) is 11.5 Å². The fourth-order valence-corrected chi connectivity index (χ4v) is 2.75. The summed E-state index contributed by atoms with van der Waals surface area (Å²) in [7, 11) is 1.62. The maximum atomic E-state index is 12.0. The van der Waals surface area contributed by atoms with Crippen molar-refractivity contribution in [2.45, 2.75) is 12.8 Å². The first kappa shape index (κ1) is 16.2. The normalized spacial score (nSPS) is 14.2. The molecule has 0 aromatic heterocycles. The highest BCUT2D eigenvalue weighted by Crippen LogP contribution is 2.32. The Hall–Kier alpha value is -2.69. The highest BCUT2D eigenvalue weighted by Gasteiger charge is 2.20. The number of amides is 2. The van der Waals surface area contributed by atoms with Crippen LogP contribution in [0.25, 0.3) is 0 Å². The van der Waals surface area contributed by atoms with E-state index in [1.807, 2.05) is 36.4 Å². The van der Waals surface area contributed by atoms with Gasteiger partial charge in [-0.05, 0) is 24.1 Å². The van der Waals surface area contributed by atoms with Crippen LogP contribution in [0.1, 0.15) is 12.0 Å². The van der Waals surface area contributed by atoms with Crippen molar-refractivity contribution in [1.29, 1.82) is 0 Å². The molecular weight excluding hydrogens is 304 g/mol. The molecule has 0 spiro atoms. The molecule has 1 fully saturated rings. The fraction of sp³-hybridized carbons (Fsp3) is 0.316. The number of carbonyl (C=O) groups excluding carboxylic acids is 1. The molecule has 1 aliphatic rings. The number of urea groups is 1. The maximum Gasteiger partial charge on any atom is 0.321 e. The molecule has 2 amide bonds. The average molecular weight is 326 g/mol. The number of benzene rings is 2. The van der Waals surface area contributed by atoms with Gasteiger partial charge in [0.25, 0.3) is 0 Å². The number of nitrogens with zero attached hydrogens (tertiary/aromatic N) is 1. The van der Waals surface area contributed by atoms with E-state index in [1.54, 1.807) is 12.0 Å². The van der Waals surface area contributed by atoms with E-state index in [0.717, 1.165) is 25.1 Å². The number of rotatable bonds is 6. The van der Waals surface area contributed by atoms with Gasteiger partial charge in [0.1, 0.15) is 0 Å². The lowest BCUT2D eigenvalue weighted by Gasteiger charge is -2.28. The SMILES string of the molecule is COc1ccc(N2CCCNC2=O)cc1OCCc1ccccc1. The summed E-state index contributed by atoms with van der Waals surface area (Å²) < 4.78 is 11.3. The summed E-state index contributed by atoms with van der Waals surface area (Å²) in [6.45, 7) is 1.99. The molecule has 1 N–H and O–H groups in total. The summed E-state index contributed by atoms with van der Waals surface area (Å²) in [4.78, 5) is 13.7. The summed E-state index contributed by atoms with van der Waals surface area (Å²) in [5.74, 6) is 1.33. The van der Waals surface area contributed by atoms with Crippen LogP contribution < -0.4 is 19.7 Å². The van der Waals surface area contributed by atoms with Crippen LogP contribution in [-0.2, 0) is 6.42 Å². The van der Waals surface area contributed by atoms with Crippen molar-refractivity contribution < 1.29 is 14.3 Å². The molecule has 126 valence electrons. The van der Waals surface area contributed by atoms with Gasteiger partial charge in [-0.3, -0.25) is 4.90 Å². The molecule has 0 bridgehead atoms. The Bertz CT molecular complexity index is 688. The van der Waals surface area contributed by atoms with Gasteiger partial charge in [-0.15, -0.1) is 0 Å². The van der Waals surface area contributed by atoms with Gasteiger partial charge < -0.3 is 14.8 Å². The third-order valence-corrected chi connectivity index (χ3v) is 4.03. The third-order valence-electron chi connectivity index (χ3n) is 4.03. The fourth-order valence-electron chi connectivity index (χ4n) is 2.75. The molecule has 3 rings (SSSR count). The second-order valence-electron chi connectivity index (χ2n) is 5.66.